The molecule has 9 heteroatoms. The molecule has 2 rings (SSSR count). The first kappa shape index (κ1) is 18.1. The van der Waals surface area contributed by atoms with Gasteiger partial charge in [-0.15, -0.1) is 13.2 Å². The first-order valence-electron chi connectivity index (χ1n) is 6.68. The van der Waals surface area contributed by atoms with E-state index in [-0.39, 0.29) is 11.4 Å². The Hall–Kier alpha value is -2.26. The zero-order valence-electron chi connectivity index (χ0n) is 12.5. The second kappa shape index (κ2) is 7.10. The Balaban J connectivity index is 2.17. The number of hydrogen-bond donors (Lipinski definition) is 1. The van der Waals surface area contributed by atoms with Crippen LogP contribution in [0.2, 0.25) is 0 Å². The van der Waals surface area contributed by atoms with Gasteiger partial charge < -0.3 is 9.47 Å². The van der Waals surface area contributed by atoms with Crippen LogP contribution in [0.5, 0.6) is 11.5 Å². The van der Waals surface area contributed by atoms with Crippen LogP contribution in [0.4, 0.5) is 13.2 Å². The normalized spacial score (nSPS) is 12.0. The molecule has 0 aliphatic rings. The molecule has 0 aliphatic heterocycles. The van der Waals surface area contributed by atoms with Crippen molar-refractivity contribution in [3.8, 4) is 11.5 Å². The van der Waals surface area contributed by atoms with Crippen molar-refractivity contribution < 1.29 is 31.1 Å². The molecule has 0 fully saturated rings. The maximum Gasteiger partial charge on any atom is 0.573 e. The summed E-state index contributed by atoms with van der Waals surface area (Å²) >= 11 is 0. The topological polar surface area (TPSA) is 64.6 Å². The van der Waals surface area contributed by atoms with Crippen LogP contribution in [0.15, 0.2) is 53.4 Å². The Morgan fingerprint density at radius 3 is 2.46 bits per heavy atom. The summed E-state index contributed by atoms with van der Waals surface area (Å²) in [6.07, 6.45) is -4.90. The third-order valence-electron chi connectivity index (χ3n) is 2.99. The van der Waals surface area contributed by atoms with Gasteiger partial charge in [-0.05, 0) is 18.2 Å². The first-order chi connectivity index (χ1) is 11.2. The predicted molar refractivity (Wildman–Crippen MR) is 80.1 cm³/mol. The van der Waals surface area contributed by atoms with Crippen molar-refractivity contribution in [2.75, 3.05) is 7.11 Å². The van der Waals surface area contributed by atoms with E-state index in [1.807, 2.05) is 0 Å². The maximum atomic E-state index is 12.2. The summed E-state index contributed by atoms with van der Waals surface area (Å²) < 4.78 is 72.3. The lowest BCUT2D eigenvalue weighted by molar-refractivity contribution is -0.274. The van der Waals surface area contributed by atoms with E-state index < -0.39 is 22.1 Å². The van der Waals surface area contributed by atoms with Crippen LogP contribution in [0.3, 0.4) is 0 Å². The van der Waals surface area contributed by atoms with Crippen molar-refractivity contribution >= 4 is 10.0 Å². The fourth-order valence-electron chi connectivity index (χ4n) is 1.94. The van der Waals surface area contributed by atoms with Gasteiger partial charge in [-0.25, -0.2) is 13.1 Å². The molecule has 0 spiro atoms. The molecule has 2 aromatic rings. The van der Waals surface area contributed by atoms with Crippen molar-refractivity contribution in [2.45, 2.75) is 17.8 Å². The molecule has 0 aromatic heterocycles. The molecule has 24 heavy (non-hydrogen) atoms. The standard InChI is InChI=1S/C15H14F3NO4S/c1-22-14-8-3-2-5-11(14)10-19-24(20,21)13-7-4-6-12(9-13)23-15(16,17)18/h2-9,19H,10H2,1H3. The minimum absolute atomic E-state index is 0.0727. The molecule has 0 heterocycles. The molecule has 130 valence electrons. The summed E-state index contributed by atoms with van der Waals surface area (Å²) in [5, 5.41) is 0. The third kappa shape index (κ3) is 4.87. The minimum atomic E-state index is -4.90. The lowest BCUT2D eigenvalue weighted by atomic mass is 10.2. The SMILES string of the molecule is COc1ccccc1CNS(=O)(=O)c1cccc(OC(F)(F)F)c1. The molecule has 0 amide bonds. The number of ether oxygens (including phenoxy) is 2. The van der Waals surface area contributed by atoms with Gasteiger partial charge in [0.1, 0.15) is 11.5 Å². The average Bonchev–Trinajstić information content (AvgIpc) is 2.52. The molecule has 0 unspecified atom stereocenters. The minimum Gasteiger partial charge on any atom is -0.496 e. The Morgan fingerprint density at radius 2 is 1.79 bits per heavy atom. The molecule has 2 aromatic carbocycles. The van der Waals surface area contributed by atoms with Crippen LogP contribution in [0.25, 0.3) is 0 Å². The lowest BCUT2D eigenvalue weighted by Gasteiger charge is -2.12. The monoisotopic (exact) mass is 361 g/mol. The summed E-state index contributed by atoms with van der Waals surface area (Å²) in [6.45, 7) is -0.0727. The van der Waals surface area contributed by atoms with Crippen LogP contribution >= 0.6 is 0 Å². The van der Waals surface area contributed by atoms with Gasteiger partial charge >= 0.3 is 6.36 Å². The van der Waals surface area contributed by atoms with Crippen LogP contribution in [0.1, 0.15) is 5.56 Å². The van der Waals surface area contributed by atoms with Crippen LogP contribution < -0.4 is 14.2 Å². The van der Waals surface area contributed by atoms with Gasteiger partial charge in [-0.3, -0.25) is 0 Å². The van der Waals surface area contributed by atoms with Gasteiger partial charge in [0.2, 0.25) is 10.0 Å². The summed E-state index contributed by atoms with van der Waals surface area (Å²) in [5.41, 5.74) is 0.589. The Labute approximate surface area is 137 Å². The van der Waals surface area contributed by atoms with E-state index in [4.69, 9.17) is 4.74 Å². The van der Waals surface area contributed by atoms with Gasteiger partial charge in [-0.2, -0.15) is 0 Å². The maximum absolute atomic E-state index is 12.2. The largest absolute Gasteiger partial charge is 0.573 e. The van der Waals surface area contributed by atoms with E-state index in [2.05, 4.69) is 9.46 Å². The third-order valence-corrected chi connectivity index (χ3v) is 4.39. The molecule has 0 bridgehead atoms. The number of rotatable bonds is 6. The summed E-state index contributed by atoms with van der Waals surface area (Å²) in [7, 11) is -2.56. The molecule has 0 saturated heterocycles. The van der Waals surface area contributed by atoms with Gasteiger partial charge in [0.25, 0.3) is 0 Å². The summed E-state index contributed by atoms with van der Waals surface area (Å²) in [4.78, 5) is -0.334. The molecular formula is C15H14F3NO4S. The lowest BCUT2D eigenvalue weighted by Crippen LogP contribution is -2.24. The quantitative estimate of drug-likeness (QED) is 0.859. The molecule has 0 aliphatic carbocycles. The summed E-state index contributed by atoms with van der Waals surface area (Å²) in [6, 6.07) is 10.9. The fourth-order valence-corrected chi connectivity index (χ4v) is 2.98. The number of sulfonamides is 1. The first-order valence-corrected chi connectivity index (χ1v) is 8.17. The molecule has 5 nitrogen and oxygen atoms in total. The number of benzene rings is 2. The van der Waals surface area contributed by atoms with E-state index >= 15 is 0 Å². The number of halogens is 3. The number of methoxy groups -OCH3 is 1. The van der Waals surface area contributed by atoms with Crippen LogP contribution in [0, 0.1) is 0 Å². The predicted octanol–water partition coefficient (Wildman–Crippen LogP) is 3.07. The highest BCUT2D eigenvalue weighted by atomic mass is 32.2. The van der Waals surface area contributed by atoms with E-state index in [1.54, 1.807) is 24.3 Å². The molecular weight excluding hydrogens is 347 g/mol. The zero-order valence-corrected chi connectivity index (χ0v) is 13.3. The second-order valence-corrected chi connectivity index (χ2v) is 6.43. The fraction of sp³-hybridized carbons (Fsp3) is 0.200. The van der Waals surface area contributed by atoms with E-state index in [9.17, 15) is 21.6 Å². The van der Waals surface area contributed by atoms with Crippen LogP contribution in [-0.4, -0.2) is 21.9 Å². The van der Waals surface area contributed by atoms with E-state index in [1.165, 1.54) is 19.2 Å². The van der Waals surface area contributed by atoms with Crippen molar-refractivity contribution in [3.63, 3.8) is 0 Å². The molecule has 0 radical (unpaired) electrons. The van der Waals surface area contributed by atoms with Crippen LogP contribution in [-0.2, 0) is 16.6 Å². The average molecular weight is 361 g/mol. The van der Waals surface area contributed by atoms with Crippen molar-refractivity contribution in [1.29, 1.82) is 0 Å². The number of hydrogen-bond acceptors (Lipinski definition) is 4. The molecule has 0 atom stereocenters. The molecule has 1 N–H and O–H groups in total. The Bertz CT molecular complexity index is 806. The number of para-hydroxylation sites is 1. The van der Waals surface area contributed by atoms with E-state index in [0.717, 1.165) is 12.1 Å². The van der Waals surface area contributed by atoms with E-state index in [0.29, 0.717) is 11.3 Å². The Kier molecular flexibility index (Phi) is 5.35. The zero-order chi connectivity index (χ0) is 17.8. The highest BCUT2D eigenvalue weighted by molar-refractivity contribution is 7.89. The van der Waals surface area contributed by atoms with Crippen molar-refractivity contribution in [2.24, 2.45) is 0 Å². The number of nitrogens with one attached hydrogen (secondary N) is 1. The highest BCUT2D eigenvalue weighted by Gasteiger charge is 2.31. The van der Waals surface area contributed by atoms with Crippen molar-refractivity contribution in [3.05, 3.63) is 54.1 Å². The number of alkyl halides is 3. The van der Waals surface area contributed by atoms with Gasteiger partial charge in [0, 0.05) is 18.2 Å². The van der Waals surface area contributed by atoms with Gasteiger partial charge in [0.05, 0.1) is 12.0 Å². The highest BCUT2D eigenvalue weighted by Crippen LogP contribution is 2.25. The second-order valence-electron chi connectivity index (χ2n) is 4.66. The van der Waals surface area contributed by atoms with Gasteiger partial charge in [-0.1, -0.05) is 24.3 Å². The Morgan fingerprint density at radius 1 is 1.08 bits per heavy atom. The molecule has 0 saturated carbocycles. The van der Waals surface area contributed by atoms with Gasteiger partial charge in [0.15, 0.2) is 0 Å². The van der Waals surface area contributed by atoms with Crippen molar-refractivity contribution in [1.82, 2.24) is 4.72 Å². The smallest absolute Gasteiger partial charge is 0.496 e. The summed E-state index contributed by atoms with van der Waals surface area (Å²) in [5.74, 6) is -0.114.